The van der Waals surface area contributed by atoms with Gasteiger partial charge in [-0.2, -0.15) is 0 Å². The van der Waals surface area contributed by atoms with E-state index in [1.54, 1.807) is 12.8 Å². The monoisotopic (exact) mass is 110 g/mol. The maximum atomic E-state index is 2.34. The Morgan fingerprint density at radius 1 is 1.50 bits per heavy atom. The molecule has 0 aromatic rings. The summed E-state index contributed by atoms with van der Waals surface area (Å²) in [5, 5.41) is 0. The van der Waals surface area contributed by atoms with Crippen molar-refractivity contribution in [2.45, 2.75) is 33.1 Å². The molecular weight excluding hydrogens is 96.1 g/mol. The van der Waals surface area contributed by atoms with Gasteiger partial charge in [0.15, 0.2) is 0 Å². The van der Waals surface area contributed by atoms with Gasteiger partial charge in [-0.1, -0.05) is 13.8 Å². The van der Waals surface area contributed by atoms with Crippen LogP contribution in [0.3, 0.4) is 0 Å². The Bertz CT molecular complexity index is 107. The summed E-state index contributed by atoms with van der Waals surface area (Å²) in [6.07, 6.45) is 4.66. The third-order valence-electron chi connectivity index (χ3n) is 2.67. The minimum atomic E-state index is 0.939. The Balaban J connectivity index is 1.84. The summed E-state index contributed by atoms with van der Waals surface area (Å²) in [6, 6.07) is 0. The number of hydrogen-bond acceptors (Lipinski definition) is 0. The first kappa shape index (κ1) is 4.84. The Hall–Kier alpha value is 0. The first-order valence-corrected chi connectivity index (χ1v) is 3.73. The van der Waals surface area contributed by atoms with Gasteiger partial charge < -0.3 is 0 Å². The second-order valence-corrected chi connectivity index (χ2v) is 4.07. The summed E-state index contributed by atoms with van der Waals surface area (Å²) in [5.74, 6) is 2.15. The predicted octanol–water partition coefficient (Wildman–Crippen LogP) is 2.44. The van der Waals surface area contributed by atoms with Crippen LogP contribution >= 0.6 is 0 Å². The van der Waals surface area contributed by atoms with Gasteiger partial charge >= 0.3 is 0 Å². The Kier molecular flexibility index (Phi) is 0.678. The van der Waals surface area contributed by atoms with E-state index in [-0.39, 0.29) is 0 Å². The molecule has 0 nitrogen and oxygen atoms in total. The van der Waals surface area contributed by atoms with Crippen LogP contribution in [0.25, 0.3) is 0 Å². The lowest BCUT2D eigenvalue weighted by molar-refractivity contribution is 0.469. The summed E-state index contributed by atoms with van der Waals surface area (Å²) >= 11 is 0. The minimum Gasteiger partial charge on any atom is -0.0628 e. The van der Waals surface area contributed by atoms with Crippen LogP contribution in [-0.2, 0) is 0 Å². The van der Waals surface area contributed by atoms with Gasteiger partial charge in [0.2, 0.25) is 0 Å². The molecule has 2 fully saturated rings. The fourth-order valence-corrected chi connectivity index (χ4v) is 1.95. The fourth-order valence-electron chi connectivity index (χ4n) is 1.95. The van der Waals surface area contributed by atoms with Gasteiger partial charge in [-0.05, 0) is 36.5 Å². The van der Waals surface area contributed by atoms with Crippen LogP contribution in [-0.4, -0.2) is 0 Å². The molecule has 0 spiro atoms. The van der Waals surface area contributed by atoms with E-state index in [1.165, 1.54) is 12.3 Å². The summed E-state index contributed by atoms with van der Waals surface area (Å²) in [7, 11) is 0. The highest BCUT2D eigenvalue weighted by atomic mass is 14.7. The topological polar surface area (TPSA) is 0 Å². The zero-order valence-corrected chi connectivity index (χ0v) is 5.78. The van der Waals surface area contributed by atoms with Crippen molar-refractivity contribution in [1.82, 2.24) is 0 Å². The van der Waals surface area contributed by atoms with E-state index in [9.17, 15) is 0 Å². The molecule has 8 heavy (non-hydrogen) atoms. The van der Waals surface area contributed by atoms with Crippen molar-refractivity contribution in [3.8, 4) is 0 Å². The highest BCUT2D eigenvalue weighted by Gasteiger charge is 2.68. The molecule has 0 amide bonds. The highest BCUT2D eigenvalue weighted by molar-refractivity contribution is 5.18. The Labute approximate surface area is 51.3 Å². The first-order chi connectivity index (χ1) is 3.73. The molecule has 0 heteroatoms. The van der Waals surface area contributed by atoms with Crippen LogP contribution < -0.4 is 0 Å². The molecule has 0 unspecified atom stereocenters. The van der Waals surface area contributed by atoms with Crippen molar-refractivity contribution >= 4 is 0 Å². The predicted molar refractivity (Wildman–Crippen MR) is 34.6 cm³/mol. The maximum absolute atomic E-state index is 2.34. The normalized spacial score (nSPS) is 49.1. The summed E-state index contributed by atoms with van der Waals surface area (Å²) in [4.78, 5) is 0. The first-order valence-electron chi connectivity index (χ1n) is 3.73. The van der Waals surface area contributed by atoms with Crippen LogP contribution in [0.4, 0.5) is 0 Å². The van der Waals surface area contributed by atoms with E-state index in [4.69, 9.17) is 0 Å². The molecule has 2 rings (SSSR count). The second kappa shape index (κ2) is 1.12. The summed E-state index contributed by atoms with van der Waals surface area (Å²) in [6.45, 7) is 4.67. The molecule has 0 bridgehead atoms. The van der Waals surface area contributed by atoms with Crippen molar-refractivity contribution in [3.05, 3.63) is 0 Å². The standard InChI is InChI=1S/C8H14/c1-6(2)3-8-4-7(8)5-8/h6-7H,3-5H2,1-2H3. The Morgan fingerprint density at radius 3 is 2.12 bits per heavy atom. The number of hydrogen-bond donors (Lipinski definition) is 0. The van der Waals surface area contributed by atoms with Crippen molar-refractivity contribution in [2.75, 3.05) is 0 Å². The van der Waals surface area contributed by atoms with Gasteiger partial charge in [-0.25, -0.2) is 0 Å². The fraction of sp³-hybridized carbons (Fsp3) is 1.00. The van der Waals surface area contributed by atoms with Crippen LogP contribution in [0, 0.1) is 17.3 Å². The molecule has 0 saturated heterocycles. The molecule has 2 aliphatic carbocycles. The SMILES string of the molecule is CC(C)CC12CC1C2. The number of rotatable bonds is 2. The van der Waals surface area contributed by atoms with Crippen molar-refractivity contribution in [3.63, 3.8) is 0 Å². The quantitative estimate of drug-likeness (QED) is 0.512. The second-order valence-electron chi connectivity index (χ2n) is 4.07. The maximum Gasteiger partial charge on any atom is -0.0261 e. The summed E-state index contributed by atoms with van der Waals surface area (Å²) < 4.78 is 0. The average molecular weight is 110 g/mol. The van der Waals surface area contributed by atoms with Gasteiger partial charge in [-0.15, -0.1) is 0 Å². The molecule has 0 heterocycles. The molecule has 0 aromatic heterocycles. The lowest BCUT2D eigenvalue weighted by Gasteiger charge is -2.04. The minimum absolute atomic E-state index is 0.939. The van der Waals surface area contributed by atoms with Crippen LogP contribution in [0.2, 0.25) is 0 Å². The van der Waals surface area contributed by atoms with Crippen molar-refractivity contribution in [2.24, 2.45) is 17.3 Å². The van der Waals surface area contributed by atoms with E-state index >= 15 is 0 Å². The zero-order valence-electron chi connectivity index (χ0n) is 5.78. The lowest BCUT2D eigenvalue weighted by Crippen LogP contribution is -1.93. The molecule has 0 radical (unpaired) electrons. The number of fused-ring (bicyclic) bond motifs is 1. The van der Waals surface area contributed by atoms with Crippen LogP contribution in [0.5, 0.6) is 0 Å². The molecule has 2 saturated carbocycles. The Morgan fingerprint density at radius 2 is 2.00 bits per heavy atom. The molecule has 0 aliphatic heterocycles. The van der Waals surface area contributed by atoms with Crippen molar-refractivity contribution < 1.29 is 0 Å². The molecule has 0 aromatic carbocycles. The lowest BCUT2D eigenvalue weighted by atomic mass is 10.0. The van der Waals surface area contributed by atoms with Gasteiger partial charge in [0.25, 0.3) is 0 Å². The smallest absolute Gasteiger partial charge is 0.0261 e. The van der Waals surface area contributed by atoms with Gasteiger partial charge in [0.05, 0.1) is 0 Å². The van der Waals surface area contributed by atoms with Crippen LogP contribution in [0.1, 0.15) is 33.1 Å². The average Bonchev–Trinajstić information content (AvgIpc) is 2.18. The zero-order chi connectivity index (χ0) is 5.78. The third-order valence-corrected chi connectivity index (χ3v) is 2.67. The van der Waals surface area contributed by atoms with E-state index < -0.39 is 0 Å². The van der Waals surface area contributed by atoms with E-state index in [0.29, 0.717) is 0 Å². The molecular formula is C8H14. The molecule has 2 aliphatic rings. The van der Waals surface area contributed by atoms with Gasteiger partial charge in [0, 0.05) is 0 Å². The molecule has 0 atom stereocenters. The van der Waals surface area contributed by atoms with Gasteiger partial charge in [0.1, 0.15) is 0 Å². The largest absolute Gasteiger partial charge is 0.0628 e. The van der Waals surface area contributed by atoms with E-state index in [2.05, 4.69) is 13.8 Å². The highest BCUT2D eigenvalue weighted by Crippen LogP contribution is 2.77. The van der Waals surface area contributed by atoms with Gasteiger partial charge in [-0.3, -0.25) is 0 Å². The molecule has 46 valence electrons. The molecule has 0 N–H and O–H groups in total. The third kappa shape index (κ3) is 0.519. The van der Waals surface area contributed by atoms with E-state index in [1.807, 2.05) is 0 Å². The van der Waals surface area contributed by atoms with Crippen molar-refractivity contribution in [1.29, 1.82) is 0 Å². The van der Waals surface area contributed by atoms with E-state index in [0.717, 1.165) is 11.3 Å². The summed E-state index contributed by atoms with van der Waals surface area (Å²) in [5.41, 5.74) is 0.939. The van der Waals surface area contributed by atoms with Crippen LogP contribution in [0.15, 0.2) is 0 Å².